The zero-order chi connectivity index (χ0) is 12.3. The highest BCUT2D eigenvalue weighted by molar-refractivity contribution is 5.99. The lowest BCUT2D eigenvalue weighted by Crippen LogP contribution is -2.16. The first kappa shape index (κ1) is 12.6. The lowest BCUT2D eigenvalue weighted by atomic mass is 9.94. The highest BCUT2D eigenvalue weighted by Crippen LogP contribution is 2.17. The highest BCUT2D eigenvalue weighted by atomic mass is 19.1. The van der Waals surface area contributed by atoms with Gasteiger partial charge in [-0.25, -0.2) is 4.39 Å². The van der Waals surface area contributed by atoms with Gasteiger partial charge in [0.2, 0.25) is 0 Å². The maximum atomic E-state index is 13.4. The Morgan fingerprint density at radius 2 is 2.00 bits per heavy atom. The van der Waals surface area contributed by atoms with E-state index in [2.05, 4.69) is 0 Å². The van der Waals surface area contributed by atoms with Crippen molar-refractivity contribution in [2.45, 2.75) is 27.2 Å². The number of carbonyl (C=O) groups is 2. The second-order valence-electron chi connectivity index (χ2n) is 4.15. The van der Waals surface area contributed by atoms with Crippen molar-refractivity contribution in [3.63, 3.8) is 0 Å². The van der Waals surface area contributed by atoms with E-state index in [1.807, 2.05) is 0 Å². The normalized spacial score (nSPS) is 12.2. The Morgan fingerprint density at radius 3 is 2.56 bits per heavy atom. The van der Waals surface area contributed by atoms with Gasteiger partial charge in [0.25, 0.3) is 0 Å². The summed E-state index contributed by atoms with van der Waals surface area (Å²) in [6.07, 6.45) is 0.159. The molecular weight excluding hydrogens is 207 g/mol. The molecule has 0 aliphatic rings. The second kappa shape index (κ2) is 5.01. The van der Waals surface area contributed by atoms with Gasteiger partial charge in [0.05, 0.1) is 5.56 Å². The fourth-order valence-corrected chi connectivity index (χ4v) is 1.62. The van der Waals surface area contributed by atoms with Crippen molar-refractivity contribution < 1.29 is 14.0 Å². The lowest BCUT2D eigenvalue weighted by Gasteiger charge is -2.09. The number of halogens is 1. The van der Waals surface area contributed by atoms with Gasteiger partial charge < -0.3 is 4.79 Å². The molecular formula is C13H15FO2. The van der Waals surface area contributed by atoms with Gasteiger partial charge >= 0.3 is 0 Å². The smallest absolute Gasteiger partial charge is 0.169 e. The molecule has 1 aromatic rings. The van der Waals surface area contributed by atoms with E-state index < -0.39 is 11.7 Å². The molecule has 0 bridgehead atoms. The Balaban J connectivity index is 2.95. The summed E-state index contributed by atoms with van der Waals surface area (Å²) < 4.78 is 13.4. The third kappa shape index (κ3) is 2.99. The minimum absolute atomic E-state index is 0.0612. The van der Waals surface area contributed by atoms with Crippen molar-refractivity contribution in [2.75, 3.05) is 0 Å². The molecule has 86 valence electrons. The van der Waals surface area contributed by atoms with E-state index in [-0.39, 0.29) is 23.6 Å². The van der Waals surface area contributed by atoms with Gasteiger partial charge in [-0.3, -0.25) is 4.79 Å². The number of aryl methyl sites for hydroxylation is 1. The van der Waals surface area contributed by atoms with Gasteiger partial charge in [-0.15, -0.1) is 0 Å². The van der Waals surface area contributed by atoms with Crippen molar-refractivity contribution in [1.29, 1.82) is 0 Å². The van der Waals surface area contributed by atoms with E-state index in [1.54, 1.807) is 19.9 Å². The van der Waals surface area contributed by atoms with E-state index in [1.165, 1.54) is 19.1 Å². The van der Waals surface area contributed by atoms with Crippen molar-refractivity contribution in [3.8, 4) is 0 Å². The molecule has 1 unspecified atom stereocenters. The molecule has 0 spiro atoms. The average molecular weight is 222 g/mol. The zero-order valence-corrected chi connectivity index (χ0v) is 9.71. The molecule has 0 saturated carbocycles. The first-order valence-corrected chi connectivity index (χ1v) is 5.21. The van der Waals surface area contributed by atoms with Crippen molar-refractivity contribution >= 4 is 11.6 Å². The van der Waals surface area contributed by atoms with Crippen molar-refractivity contribution in [2.24, 2.45) is 5.92 Å². The number of hydrogen-bond acceptors (Lipinski definition) is 2. The molecule has 0 fully saturated rings. The summed E-state index contributed by atoms with van der Waals surface area (Å²) in [6.45, 7) is 4.87. The van der Waals surface area contributed by atoms with E-state index in [0.29, 0.717) is 0 Å². The quantitative estimate of drug-likeness (QED) is 0.734. The van der Waals surface area contributed by atoms with Gasteiger partial charge in [-0.2, -0.15) is 0 Å². The molecule has 0 aliphatic carbocycles. The predicted molar refractivity (Wildman–Crippen MR) is 59.9 cm³/mol. The van der Waals surface area contributed by atoms with Crippen LogP contribution in [0.2, 0.25) is 0 Å². The maximum Gasteiger partial charge on any atom is 0.169 e. The molecule has 1 rings (SSSR count). The molecule has 0 heterocycles. The largest absolute Gasteiger partial charge is 0.300 e. The number of rotatable bonds is 4. The standard InChI is InChI=1S/C13H15FO2/c1-8-4-5-12(14)11(6-8)13(16)9(2)7-10(3)15/h4-6,9H,7H2,1-3H3. The van der Waals surface area contributed by atoms with Crippen LogP contribution in [0.3, 0.4) is 0 Å². The predicted octanol–water partition coefficient (Wildman–Crippen LogP) is 2.93. The molecule has 1 atom stereocenters. The average Bonchev–Trinajstić information content (AvgIpc) is 2.19. The SMILES string of the molecule is CC(=O)CC(C)C(=O)c1cc(C)ccc1F. The van der Waals surface area contributed by atoms with E-state index in [9.17, 15) is 14.0 Å². The summed E-state index contributed by atoms with van der Waals surface area (Å²) in [5.74, 6) is -1.36. The Hall–Kier alpha value is -1.51. The topological polar surface area (TPSA) is 34.1 Å². The molecule has 3 heteroatoms. The van der Waals surface area contributed by atoms with Crippen LogP contribution in [0.5, 0.6) is 0 Å². The fraction of sp³-hybridized carbons (Fsp3) is 0.385. The van der Waals surface area contributed by atoms with Gasteiger partial charge in [0.15, 0.2) is 5.78 Å². The van der Waals surface area contributed by atoms with Gasteiger partial charge in [0, 0.05) is 12.3 Å². The summed E-state index contributed by atoms with van der Waals surface area (Å²) in [5.41, 5.74) is 0.911. The minimum atomic E-state index is -0.522. The second-order valence-corrected chi connectivity index (χ2v) is 4.15. The molecule has 0 N–H and O–H groups in total. The summed E-state index contributed by atoms with van der Waals surface area (Å²) in [6, 6.07) is 4.42. The Labute approximate surface area is 94.5 Å². The first-order chi connectivity index (χ1) is 7.41. The molecule has 0 aliphatic heterocycles. The van der Waals surface area contributed by atoms with Crippen LogP contribution in [0.1, 0.15) is 36.2 Å². The highest BCUT2D eigenvalue weighted by Gasteiger charge is 2.19. The van der Waals surface area contributed by atoms with Crippen LogP contribution in [0, 0.1) is 18.7 Å². The Kier molecular flexibility index (Phi) is 3.93. The molecule has 0 aromatic heterocycles. The van der Waals surface area contributed by atoms with E-state index in [4.69, 9.17) is 0 Å². The molecule has 1 aromatic carbocycles. The van der Waals surface area contributed by atoms with Crippen LogP contribution in [0.15, 0.2) is 18.2 Å². The van der Waals surface area contributed by atoms with Gasteiger partial charge in [0.1, 0.15) is 11.6 Å². The monoisotopic (exact) mass is 222 g/mol. The van der Waals surface area contributed by atoms with Gasteiger partial charge in [-0.05, 0) is 26.0 Å². The molecule has 16 heavy (non-hydrogen) atoms. The molecule has 0 amide bonds. The van der Waals surface area contributed by atoms with Gasteiger partial charge in [-0.1, -0.05) is 18.6 Å². The number of Topliss-reactive ketones (excluding diaryl/α,β-unsaturated/α-hetero) is 2. The summed E-state index contributed by atoms with van der Waals surface area (Å²) in [4.78, 5) is 22.8. The van der Waals surface area contributed by atoms with E-state index >= 15 is 0 Å². The van der Waals surface area contributed by atoms with Crippen LogP contribution in [0.25, 0.3) is 0 Å². The first-order valence-electron chi connectivity index (χ1n) is 5.21. The Morgan fingerprint density at radius 1 is 1.38 bits per heavy atom. The van der Waals surface area contributed by atoms with Crippen LogP contribution in [-0.2, 0) is 4.79 Å². The van der Waals surface area contributed by atoms with Crippen LogP contribution >= 0.6 is 0 Å². The molecule has 2 nitrogen and oxygen atoms in total. The number of hydrogen-bond donors (Lipinski definition) is 0. The lowest BCUT2D eigenvalue weighted by molar-refractivity contribution is -0.117. The van der Waals surface area contributed by atoms with Crippen molar-refractivity contribution in [1.82, 2.24) is 0 Å². The van der Waals surface area contributed by atoms with Crippen molar-refractivity contribution in [3.05, 3.63) is 35.1 Å². The third-order valence-corrected chi connectivity index (χ3v) is 2.43. The summed E-state index contributed by atoms with van der Waals surface area (Å²) >= 11 is 0. The third-order valence-electron chi connectivity index (χ3n) is 2.43. The molecule has 0 saturated heterocycles. The minimum Gasteiger partial charge on any atom is -0.300 e. The van der Waals surface area contributed by atoms with E-state index in [0.717, 1.165) is 5.56 Å². The van der Waals surface area contributed by atoms with Crippen LogP contribution < -0.4 is 0 Å². The number of ketones is 2. The van der Waals surface area contributed by atoms with Crippen LogP contribution in [-0.4, -0.2) is 11.6 Å². The number of benzene rings is 1. The number of carbonyl (C=O) groups excluding carboxylic acids is 2. The Bertz CT molecular complexity index is 424. The fourth-order valence-electron chi connectivity index (χ4n) is 1.62. The molecule has 0 radical (unpaired) electrons. The summed E-state index contributed by atoms with van der Waals surface area (Å²) in [5, 5.41) is 0. The zero-order valence-electron chi connectivity index (χ0n) is 9.71. The van der Waals surface area contributed by atoms with Crippen LogP contribution in [0.4, 0.5) is 4.39 Å². The maximum absolute atomic E-state index is 13.4. The summed E-state index contributed by atoms with van der Waals surface area (Å²) in [7, 11) is 0.